The summed E-state index contributed by atoms with van der Waals surface area (Å²) in [6, 6.07) is 4.96. The van der Waals surface area contributed by atoms with Crippen LogP contribution in [0.5, 0.6) is 0 Å². The molecule has 16 heavy (non-hydrogen) atoms. The van der Waals surface area contributed by atoms with Gasteiger partial charge in [0.1, 0.15) is 5.82 Å². The molecule has 0 amide bonds. The molecule has 0 radical (unpaired) electrons. The number of halogens is 1. The lowest BCUT2D eigenvalue weighted by Gasteiger charge is -2.24. The summed E-state index contributed by atoms with van der Waals surface area (Å²) < 4.78 is 18.4. The fourth-order valence-electron chi connectivity index (χ4n) is 2.10. The zero-order chi connectivity index (χ0) is 11.5. The van der Waals surface area contributed by atoms with Gasteiger partial charge in [-0.05, 0) is 24.1 Å². The van der Waals surface area contributed by atoms with Gasteiger partial charge in [0.25, 0.3) is 0 Å². The molecule has 1 aliphatic heterocycles. The van der Waals surface area contributed by atoms with Crippen LogP contribution in [-0.4, -0.2) is 32.8 Å². The molecule has 4 heteroatoms. The Morgan fingerprint density at radius 1 is 1.56 bits per heavy atom. The fraction of sp³-hybridized carbons (Fsp3) is 0.500. The van der Waals surface area contributed by atoms with Crippen LogP contribution in [-0.2, 0) is 11.2 Å². The average Bonchev–Trinajstić information content (AvgIpc) is 2.68. The second kappa shape index (κ2) is 4.80. The highest BCUT2D eigenvalue weighted by atomic mass is 19.1. The van der Waals surface area contributed by atoms with Crippen molar-refractivity contribution in [3.63, 3.8) is 0 Å². The molecule has 1 aromatic carbocycles. The summed E-state index contributed by atoms with van der Waals surface area (Å²) >= 11 is 0. The van der Waals surface area contributed by atoms with Crippen molar-refractivity contribution < 1.29 is 9.13 Å². The van der Waals surface area contributed by atoms with Gasteiger partial charge in [-0.3, -0.25) is 0 Å². The molecule has 0 spiro atoms. The van der Waals surface area contributed by atoms with Crippen LogP contribution >= 0.6 is 0 Å². The minimum Gasteiger partial charge on any atom is -0.378 e. The Morgan fingerprint density at radius 3 is 3.06 bits per heavy atom. The van der Waals surface area contributed by atoms with Crippen molar-refractivity contribution >= 4 is 5.69 Å². The maximum absolute atomic E-state index is 13.2. The molecule has 0 aromatic heterocycles. The van der Waals surface area contributed by atoms with Crippen LogP contribution in [0, 0.1) is 5.82 Å². The Balaban J connectivity index is 2.13. The van der Waals surface area contributed by atoms with Crippen LogP contribution in [0.4, 0.5) is 10.1 Å². The number of ether oxygens (including phenoxy) is 1. The van der Waals surface area contributed by atoms with Gasteiger partial charge in [-0.25, -0.2) is 4.39 Å². The van der Waals surface area contributed by atoms with Gasteiger partial charge in [-0.2, -0.15) is 0 Å². The standard InChI is InChI=1S/C12H17FN2O/c1-16-11(7-14)8-15-5-4-9-2-3-10(13)6-12(9)15/h2-3,6,11H,4-5,7-8,14H2,1H3. The minimum atomic E-state index is -0.188. The highest BCUT2D eigenvalue weighted by Gasteiger charge is 2.21. The maximum atomic E-state index is 13.2. The second-order valence-corrected chi connectivity index (χ2v) is 4.06. The molecular formula is C12H17FN2O. The van der Waals surface area contributed by atoms with E-state index in [9.17, 15) is 4.39 Å². The van der Waals surface area contributed by atoms with Crippen molar-refractivity contribution in [3.05, 3.63) is 29.6 Å². The SMILES string of the molecule is COC(CN)CN1CCc2ccc(F)cc21. The predicted molar refractivity (Wildman–Crippen MR) is 62.2 cm³/mol. The molecule has 1 heterocycles. The van der Waals surface area contributed by atoms with E-state index in [2.05, 4.69) is 4.90 Å². The first kappa shape index (κ1) is 11.4. The highest BCUT2D eigenvalue weighted by Crippen LogP contribution is 2.28. The van der Waals surface area contributed by atoms with Crippen molar-refractivity contribution in [2.75, 3.05) is 31.6 Å². The summed E-state index contributed by atoms with van der Waals surface area (Å²) in [5.41, 5.74) is 7.77. The third-order valence-electron chi connectivity index (χ3n) is 3.06. The average molecular weight is 224 g/mol. The van der Waals surface area contributed by atoms with E-state index in [1.165, 1.54) is 11.6 Å². The first-order valence-corrected chi connectivity index (χ1v) is 5.51. The smallest absolute Gasteiger partial charge is 0.125 e. The molecule has 2 N–H and O–H groups in total. The molecular weight excluding hydrogens is 207 g/mol. The maximum Gasteiger partial charge on any atom is 0.125 e. The molecule has 2 rings (SSSR count). The van der Waals surface area contributed by atoms with Crippen LogP contribution in [0.15, 0.2) is 18.2 Å². The second-order valence-electron chi connectivity index (χ2n) is 4.06. The number of fused-ring (bicyclic) bond motifs is 1. The number of hydrogen-bond acceptors (Lipinski definition) is 3. The molecule has 0 fully saturated rings. The number of nitrogens with two attached hydrogens (primary N) is 1. The van der Waals surface area contributed by atoms with E-state index >= 15 is 0 Å². The zero-order valence-electron chi connectivity index (χ0n) is 9.45. The zero-order valence-corrected chi connectivity index (χ0v) is 9.45. The molecule has 88 valence electrons. The number of anilines is 1. The van der Waals surface area contributed by atoms with Crippen LogP contribution in [0.1, 0.15) is 5.56 Å². The van der Waals surface area contributed by atoms with Crippen LogP contribution < -0.4 is 10.6 Å². The summed E-state index contributed by atoms with van der Waals surface area (Å²) in [5, 5.41) is 0. The minimum absolute atomic E-state index is 0.00853. The number of nitrogens with zero attached hydrogens (tertiary/aromatic N) is 1. The van der Waals surface area contributed by atoms with E-state index in [4.69, 9.17) is 10.5 Å². The summed E-state index contributed by atoms with van der Waals surface area (Å²) in [4.78, 5) is 2.14. The third kappa shape index (κ3) is 2.18. The van der Waals surface area contributed by atoms with Crippen LogP contribution in [0.2, 0.25) is 0 Å². The molecule has 0 aliphatic carbocycles. The third-order valence-corrected chi connectivity index (χ3v) is 3.06. The predicted octanol–water partition coefficient (Wildman–Crippen LogP) is 1.16. The fourth-order valence-corrected chi connectivity index (χ4v) is 2.10. The number of rotatable bonds is 4. The van der Waals surface area contributed by atoms with Crippen molar-refractivity contribution in [1.29, 1.82) is 0 Å². The van der Waals surface area contributed by atoms with Crippen molar-refractivity contribution in [1.82, 2.24) is 0 Å². The van der Waals surface area contributed by atoms with Gasteiger partial charge in [-0.1, -0.05) is 6.07 Å². The first-order chi connectivity index (χ1) is 7.74. The van der Waals surface area contributed by atoms with Crippen molar-refractivity contribution in [2.45, 2.75) is 12.5 Å². The monoisotopic (exact) mass is 224 g/mol. The van der Waals surface area contributed by atoms with Crippen LogP contribution in [0.3, 0.4) is 0 Å². The normalized spacial score (nSPS) is 16.3. The van der Waals surface area contributed by atoms with E-state index in [0.717, 1.165) is 25.2 Å². The van der Waals surface area contributed by atoms with Gasteiger partial charge in [-0.15, -0.1) is 0 Å². The molecule has 1 unspecified atom stereocenters. The van der Waals surface area contributed by atoms with Gasteiger partial charge in [0, 0.05) is 32.4 Å². The lowest BCUT2D eigenvalue weighted by atomic mass is 10.1. The molecule has 1 aliphatic rings. The van der Waals surface area contributed by atoms with Crippen LogP contribution in [0.25, 0.3) is 0 Å². The van der Waals surface area contributed by atoms with Crippen molar-refractivity contribution in [3.8, 4) is 0 Å². The number of benzene rings is 1. The van der Waals surface area contributed by atoms with E-state index in [1.54, 1.807) is 13.2 Å². The molecule has 0 saturated heterocycles. The number of hydrogen-bond donors (Lipinski definition) is 1. The van der Waals surface area contributed by atoms with E-state index in [-0.39, 0.29) is 11.9 Å². The summed E-state index contributed by atoms with van der Waals surface area (Å²) in [6.45, 7) is 2.12. The first-order valence-electron chi connectivity index (χ1n) is 5.51. The van der Waals surface area contributed by atoms with E-state index in [0.29, 0.717) is 6.54 Å². The van der Waals surface area contributed by atoms with Gasteiger partial charge >= 0.3 is 0 Å². The van der Waals surface area contributed by atoms with Gasteiger partial charge in [0.05, 0.1) is 6.10 Å². The Morgan fingerprint density at radius 2 is 2.38 bits per heavy atom. The summed E-state index contributed by atoms with van der Waals surface area (Å²) in [6.07, 6.45) is 0.977. The molecule has 1 atom stereocenters. The highest BCUT2D eigenvalue weighted by molar-refractivity contribution is 5.58. The Bertz CT molecular complexity index is 366. The molecule has 0 bridgehead atoms. The van der Waals surface area contributed by atoms with Gasteiger partial charge < -0.3 is 15.4 Å². The van der Waals surface area contributed by atoms with Gasteiger partial charge in [0.15, 0.2) is 0 Å². The molecule has 0 saturated carbocycles. The van der Waals surface area contributed by atoms with Gasteiger partial charge in [0.2, 0.25) is 0 Å². The molecule has 1 aromatic rings. The Hall–Kier alpha value is -1.13. The van der Waals surface area contributed by atoms with Crippen molar-refractivity contribution in [2.24, 2.45) is 5.73 Å². The number of methoxy groups -OCH3 is 1. The summed E-state index contributed by atoms with van der Waals surface area (Å²) in [5.74, 6) is -0.188. The lowest BCUT2D eigenvalue weighted by Crippen LogP contribution is -2.36. The van der Waals surface area contributed by atoms with E-state index < -0.39 is 0 Å². The lowest BCUT2D eigenvalue weighted by molar-refractivity contribution is 0.115. The Kier molecular flexibility index (Phi) is 3.41. The molecule has 3 nitrogen and oxygen atoms in total. The Labute approximate surface area is 95.0 Å². The van der Waals surface area contributed by atoms with E-state index in [1.807, 2.05) is 6.07 Å². The quantitative estimate of drug-likeness (QED) is 0.834. The largest absolute Gasteiger partial charge is 0.378 e. The summed E-state index contributed by atoms with van der Waals surface area (Å²) in [7, 11) is 1.65. The topological polar surface area (TPSA) is 38.5 Å².